The van der Waals surface area contributed by atoms with E-state index in [1.54, 1.807) is 18.2 Å². The summed E-state index contributed by atoms with van der Waals surface area (Å²) in [5, 5.41) is 16.9. The van der Waals surface area contributed by atoms with Crippen molar-refractivity contribution < 1.29 is 9.21 Å². The number of carbonyl (C=O) groups is 1. The third-order valence-corrected chi connectivity index (χ3v) is 6.34. The molecule has 0 unspecified atom stereocenters. The monoisotopic (exact) mass is 481 g/mol. The highest BCUT2D eigenvalue weighted by molar-refractivity contribution is 5.91. The molecule has 2 aromatic rings. The molecule has 0 aliphatic carbocycles. The average molecular weight is 482 g/mol. The molecule has 1 aromatic heterocycles. The van der Waals surface area contributed by atoms with Crippen molar-refractivity contribution in [2.75, 3.05) is 25.0 Å². The molecule has 1 aliphatic heterocycles. The molecule has 0 radical (unpaired) electrons. The lowest BCUT2D eigenvalue weighted by molar-refractivity contribution is -0.124. The van der Waals surface area contributed by atoms with Crippen molar-refractivity contribution in [2.24, 2.45) is 10.8 Å². The van der Waals surface area contributed by atoms with E-state index in [1.165, 1.54) is 0 Å². The van der Waals surface area contributed by atoms with Gasteiger partial charge in [-0.1, -0.05) is 53.7 Å². The molecule has 8 heteroatoms. The lowest BCUT2D eigenvalue weighted by Gasteiger charge is -2.40. The number of likely N-dealkylation sites (tertiary alicyclic amines) is 1. The standard InChI is InChI=1S/C27H39N5O3/c1-25(2,3)12-11-20(29-22-19-9-7-8-10-21(19)35-24(34)30-22)23(33)31-27(17-28)13-15-32(16-14-27)18-26(4,5)6/h7-10,20H,11-16,18H2,1-6H3,(H,31,33)(H,29,30,34)/t20-/m0/s1. The van der Waals surface area contributed by atoms with Crippen LogP contribution in [0.15, 0.2) is 33.5 Å². The zero-order chi connectivity index (χ0) is 25.9. The summed E-state index contributed by atoms with van der Waals surface area (Å²) >= 11 is 0. The molecule has 1 aromatic carbocycles. The van der Waals surface area contributed by atoms with E-state index >= 15 is 0 Å². The second-order valence-electron chi connectivity index (χ2n) is 12.1. The van der Waals surface area contributed by atoms with Crippen molar-refractivity contribution in [2.45, 2.75) is 78.8 Å². The van der Waals surface area contributed by atoms with E-state index in [2.05, 4.69) is 68.1 Å². The largest absolute Gasteiger partial charge is 0.441 e. The number of benzene rings is 1. The predicted molar refractivity (Wildman–Crippen MR) is 138 cm³/mol. The number of rotatable bonds is 7. The van der Waals surface area contributed by atoms with Crippen LogP contribution in [0.25, 0.3) is 11.0 Å². The van der Waals surface area contributed by atoms with Crippen LogP contribution in [-0.2, 0) is 4.79 Å². The van der Waals surface area contributed by atoms with Crippen molar-refractivity contribution in [1.29, 1.82) is 5.26 Å². The zero-order valence-electron chi connectivity index (χ0n) is 21.9. The summed E-state index contributed by atoms with van der Waals surface area (Å²) in [4.78, 5) is 32.0. The van der Waals surface area contributed by atoms with Crippen LogP contribution in [-0.4, -0.2) is 47.0 Å². The number of para-hydroxylation sites is 1. The lowest BCUT2D eigenvalue weighted by atomic mass is 9.86. The van der Waals surface area contributed by atoms with Crippen molar-refractivity contribution in [3.8, 4) is 6.07 Å². The Kier molecular flexibility index (Phi) is 7.90. The number of carbonyl (C=O) groups excluding carboxylic acids is 1. The van der Waals surface area contributed by atoms with Crippen LogP contribution in [0.2, 0.25) is 0 Å². The van der Waals surface area contributed by atoms with E-state index in [4.69, 9.17) is 4.42 Å². The van der Waals surface area contributed by atoms with Crippen LogP contribution in [0.4, 0.5) is 5.82 Å². The van der Waals surface area contributed by atoms with Gasteiger partial charge in [0.05, 0.1) is 11.5 Å². The van der Waals surface area contributed by atoms with Crippen molar-refractivity contribution >= 4 is 22.7 Å². The van der Waals surface area contributed by atoms with Crippen molar-refractivity contribution in [3.63, 3.8) is 0 Å². The molecule has 1 atom stereocenters. The van der Waals surface area contributed by atoms with E-state index in [0.29, 0.717) is 36.0 Å². The van der Waals surface area contributed by atoms with E-state index < -0.39 is 17.3 Å². The molecule has 1 saturated heterocycles. The van der Waals surface area contributed by atoms with Gasteiger partial charge in [0.2, 0.25) is 5.91 Å². The van der Waals surface area contributed by atoms with Crippen LogP contribution >= 0.6 is 0 Å². The van der Waals surface area contributed by atoms with Crippen LogP contribution in [0.5, 0.6) is 0 Å². The summed E-state index contributed by atoms with van der Waals surface area (Å²) in [5.74, 6) is -0.656. The maximum Gasteiger partial charge on any atom is 0.441 e. The summed E-state index contributed by atoms with van der Waals surface area (Å²) < 4.78 is 5.20. The highest BCUT2D eigenvalue weighted by Gasteiger charge is 2.38. The fourth-order valence-electron chi connectivity index (χ4n) is 4.49. The number of amides is 1. The third-order valence-electron chi connectivity index (χ3n) is 6.34. The third kappa shape index (κ3) is 7.53. The SMILES string of the molecule is CC(C)(C)CC[C@H](Nc1nc(=O)oc2ccccc12)C(=O)NC1(C#N)CCN(CC(C)(C)C)CC1. The number of anilines is 1. The first kappa shape index (κ1) is 26.7. The van der Waals surface area contributed by atoms with Gasteiger partial charge < -0.3 is 20.0 Å². The smallest absolute Gasteiger partial charge is 0.408 e. The Morgan fingerprint density at radius 2 is 1.83 bits per heavy atom. The van der Waals surface area contributed by atoms with Gasteiger partial charge in [0.25, 0.3) is 0 Å². The Morgan fingerprint density at radius 1 is 1.17 bits per heavy atom. The van der Waals surface area contributed by atoms with Gasteiger partial charge in [-0.2, -0.15) is 10.2 Å². The first-order valence-electron chi connectivity index (χ1n) is 12.4. The molecule has 1 fully saturated rings. The molecular weight excluding hydrogens is 442 g/mol. The van der Waals surface area contributed by atoms with Crippen molar-refractivity contribution in [3.05, 3.63) is 34.8 Å². The Labute approximate surface area is 208 Å². The topological polar surface area (TPSA) is 111 Å². The number of aromatic nitrogens is 1. The molecule has 3 rings (SSSR count). The summed E-state index contributed by atoms with van der Waals surface area (Å²) in [7, 11) is 0. The molecule has 8 nitrogen and oxygen atoms in total. The van der Waals surface area contributed by atoms with Gasteiger partial charge in [0.1, 0.15) is 23.0 Å². The lowest BCUT2D eigenvalue weighted by Crippen LogP contribution is -2.58. The minimum Gasteiger partial charge on any atom is -0.408 e. The second kappa shape index (κ2) is 10.4. The van der Waals surface area contributed by atoms with Gasteiger partial charge >= 0.3 is 5.76 Å². The molecule has 2 N–H and O–H groups in total. The number of nitriles is 1. The summed E-state index contributed by atoms with van der Waals surface area (Å²) in [6.45, 7) is 15.4. The number of hydrogen-bond acceptors (Lipinski definition) is 7. The quantitative estimate of drug-likeness (QED) is 0.606. The maximum atomic E-state index is 13.6. The number of nitrogens with zero attached hydrogens (tertiary/aromatic N) is 3. The molecule has 0 spiro atoms. The van der Waals surface area contributed by atoms with Gasteiger partial charge in [0.15, 0.2) is 0 Å². The molecule has 0 saturated carbocycles. The maximum absolute atomic E-state index is 13.6. The fourth-order valence-corrected chi connectivity index (χ4v) is 4.49. The number of hydrogen-bond donors (Lipinski definition) is 2. The molecule has 35 heavy (non-hydrogen) atoms. The molecule has 1 amide bonds. The molecule has 0 bridgehead atoms. The van der Waals surface area contributed by atoms with Crippen LogP contribution in [0, 0.1) is 22.2 Å². The van der Waals surface area contributed by atoms with Gasteiger partial charge in [0, 0.05) is 19.6 Å². The summed E-state index contributed by atoms with van der Waals surface area (Å²) in [6.07, 6.45) is 2.46. The van der Waals surface area contributed by atoms with Gasteiger partial charge in [-0.05, 0) is 48.6 Å². The van der Waals surface area contributed by atoms with Gasteiger partial charge in [-0.15, -0.1) is 0 Å². The van der Waals surface area contributed by atoms with E-state index in [9.17, 15) is 14.9 Å². The average Bonchev–Trinajstić information content (AvgIpc) is 2.76. The van der Waals surface area contributed by atoms with E-state index in [1.807, 2.05) is 6.07 Å². The van der Waals surface area contributed by atoms with E-state index in [-0.39, 0.29) is 16.7 Å². The number of fused-ring (bicyclic) bond motifs is 1. The Hall–Kier alpha value is -2.92. The predicted octanol–water partition coefficient (Wildman–Crippen LogP) is 4.32. The van der Waals surface area contributed by atoms with E-state index in [0.717, 1.165) is 26.1 Å². The first-order chi connectivity index (χ1) is 16.3. The summed E-state index contributed by atoms with van der Waals surface area (Å²) in [5.41, 5.74) is -0.310. The highest BCUT2D eigenvalue weighted by Crippen LogP contribution is 2.28. The van der Waals surface area contributed by atoms with Gasteiger partial charge in [-0.3, -0.25) is 4.79 Å². The summed E-state index contributed by atoms with van der Waals surface area (Å²) in [6, 6.07) is 8.85. The zero-order valence-corrected chi connectivity index (χ0v) is 21.9. The van der Waals surface area contributed by atoms with Gasteiger partial charge in [-0.25, -0.2) is 4.79 Å². The fraction of sp³-hybridized carbons (Fsp3) is 0.630. The van der Waals surface area contributed by atoms with Crippen molar-refractivity contribution in [1.82, 2.24) is 15.2 Å². The molecule has 1 aliphatic rings. The number of nitrogens with one attached hydrogen (secondary N) is 2. The first-order valence-corrected chi connectivity index (χ1v) is 12.4. The molecular formula is C27H39N5O3. The van der Waals surface area contributed by atoms with Crippen LogP contribution < -0.4 is 16.4 Å². The Bertz CT molecular complexity index is 1130. The Balaban J connectivity index is 1.80. The minimum absolute atomic E-state index is 0.0105. The molecule has 2 heterocycles. The number of piperidine rings is 1. The Morgan fingerprint density at radius 3 is 2.43 bits per heavy atom. The minimum atomic E-state index is -0.904. The normalized spacial score (nSPS) is 17.5. The van der Waals surface area contributed by atoms with Crippen LogP contribution in [0.1, 0.15) is 67.2 Å². The second-order valence-corrected chi connectivity index (χ2v) is 12.1. The molecule has 190 valence electrons. The van der Waals surface area contributed by atoms with Crippen LogP contribution in [0.3, 0.4) is 0 Å². The highest BCUT2D eigenvalue weighted by atomic mass is 16.4.